The molecule has 0 radical (unpaired) electrons. The molecule has 6 nitrogen and oxygen atoms in total. The van der Waals surface area contributed by atoms with Crippen LogP contribution in [-0.2, 0) is 5.54 Å². The maximum Gasteiger partial charge on any atom is 0.275 e. The molecule has 0 atom stereocenters. The molecule has 2 heterocycles. The lowest BCUT2D eigenvalue weighted by Crippen LogP contribution is -2.44. The van der Waals surface area contributed by atoms with Gasteiger partial charge in [-0.2, -0.15) is 5.10 Å². The highest BCUT2D eigenvalue weighted by atomic mass is 16.5. The van der Waals surface area contributed by atoms with Crippen LogP contribution in [0, 0.1) is 11.8 Å². The lowest BCUT2D eigenvalue weighted by molar-refractivity contribution is 0.0675. The minimum atomic E-state index is -1.03. The van der Waals surface area contributed by atoms with E-state index in [1.165, 1.54) is 0 Å². The lowest BCUT2D eigenvalue weighted by atomic mass is 9.75. The number of amides is 1. The van der Waals surface area contributed by atoms with Crippen LogP contribution in [0.4, 0.5) is 11.4 Å². The number of nitrogens with zero attached hydrogens (tertiary/aromatic N) is 4. The highest BCUT2D eigenvalue weighted by Crippen LogP contribution is 2.58. The molecule has 1 spiro atoms. The highest BCUT2D eigenvalue weighted by molar-refractivity contribution is 6.03. The van der Waals surface area contributed by atoms with Crippen molar-refractivity contribution < 1.29 is 9.53 Å². The van der Waals surface area contributed by atoms with Gasteiger partial charge in [-0.05, 0) is 58.4 Å². The van der Waals surface area contributed by atoms with Crippen molar-refractivity contribution in [1.82, 2.24) is 5.01 Å². The Hall–Kier alpha value is -5.02. The van der Waals surface area contributed by atoms with Crippen LogP contribution in [0.15, 0.2) is 90.0 Å². The molecule has 0 saturated heterocycles. The van der Waals surface area contributed by atoms with Crippen LogP contribution in [0.3, 0.4) is 0 Å². The first-order chi connectivity index (χ1) is 23.0. The van der Waals surface area contributed by atoms with Gasteiger partial charge in [0.15, 0.2) is 0 Å². The predicted octanol–water partition coefficient (Wildman–Crippen LogP) is 8.81. The van der Waals surface area contributed by atoms with E-state index in [2.05, 4.69) is 98.7 Å². The van der Waals surface area contributed by atoms with E-state index in [4.69, 9.17) is 9.84 Å². The van der Waals surface area contributed by atoms with Gasteiger partial charge in [-0.25, -0.2) is 5.01 Å². The van der Waals surface area contributed by atoms with Crippen molar-refractivity contribution in [2.75, 3.05) is 36.0 Å². The van der Waals surface area contributed by atoms with Gasteiger partial charge >= 0.3 is 0 Å². The second-order valence-corrected chi connectivity index (χ2v) is 11.9. The molecule has 2 aliphatic rings. The Morgan fingerprint density at radius 1 is 0.766 bits per heavy atom. The molecule has 0 N–H and O–H groups in total. The molecule has 0 aliphatic carbocycles. The van der Waals surface area contributed by atoms with Crippen molar-refractivity contribution >= 4 is 23.5 Å². The fourth-order valence-corrected chi connectivity index (χ4v) is 6.91. The lowest BCUT2D eigenvalue weighted by Gasteiger charge is -2.42. The number of carbonyl (C=O) groups is 1. The molecule has 47 heavy (non-hydrogen) atoms. The molecule has 6 heteroatoms. The van der Waals surface area contributed by atoms with Gasteiger partial charge in [0.05, 0.1) is 6.21 Å². The smallest absolute Gasteiger partial charge is 0.275 e. The number of fused-ring (bicyclic) bond motifs is 6. The third-order valence-corrected chi connectivity index (χ3v) is 9.40. The Morgan fingerprint density at radius 3 is 1.98 bits per heavy atom. The number of rotatable bonds is 10. The third kappa shape index (κ3) is 5.54. The van der Waals surface area contributed by atoms with E-state index in [0.717, 1.165) is 96.1 Å². The van der Waals surface area contributed by atoms with Crippen molar-refractivity contribution in [2.45, 2.75) is 59.4 Å². The van der Waals surface area contributed by atoms with E-state index in [-0.39, 0.29) is 5.91 Å². The highest BCUT2D eigenvalue weighted by Gasteiger charge is 2.57. The molecule has 0 saturated carbocycles. The van der Waals surface area contributed by atoms with Gasteiger partial charge in [0.1, 0.15) is 17.0 Å². The van der Waals surface area contributed by atoms with Crippen molar-refractivity contribution in [3.05, 3.63) is 118 Å². The fourth-order valence-electron chi connectivity index (χ4n) is 6.91. The Bertz CT molecular complexity index is 1800. The number of hydrazone groups is 1. The zero-order valence-corrected chi connectivity index (χ0v) is 28.2. The molecule has 0 fully saturated rings. The van der Waals surface area contributed by atoms with Crippen LogP contribution >= 0.6 is 0 Å². The van der Waals surface area contributed by atoms with E-state index in [1.54, 1.807) is 11.2 Å². The molecular weight excluding hydrogens is 580 g/mol. The second-order valence-electron chi connectivity index (χ2n) is 11.9. The summed E-state index contributed by atoms with van der Waals surface area (Å²) in [5, 5.41) is 6.74. The average molecular weight is 625 g/mol. The summed E-state index contributed by atoms with van der Waals surface area (Å²) in [5.41, 5.74) is 6.20. The standard InChI is InChI=1S/C41H44N4O2/c1-6-11-12-13-18-30-19-14-15-20-31(30)29-42-45-40(46)34-21-16-17-22-35(34)41(45)36-25-23-32(43(7-2)8-3)27-38(36)47-39-28-33(24-26-37(39)41)44(9-4)10-5/h14-17,19-29H,6-12H2,1-5H3/b42-29+. The van der Waals surface area contributed by atoms with Gasteiger partial charge in [0, 0.05) is 89.5 Å². The molecule has 2 aliphatic heterocycles. The molecule has 0 bridgehead atoms. The Labute approximate surface area is 279 Å². The van der Waals surface area contributed by atoms with Gasteiger partial charge in [-0.3, -0.25) is 4.79 Å². The van der Waals surface area contributed by atoms with Crippen molar-refractivity contribution in [2.24, 2.45) is 5.10 Å². The van der Waals surface area contributed by atoms with Crippen molar-refractivity contribution in [3.8, 4) is 23.3 Å². The van der Waals surface area contributed by atoms with Crippen LogP contribution in [0.2, 0.25) is 0 Å². The maximum atomic E-state index is 14.5. The van der Waals surface area contributed by atoms with E-state index in [9.17, 15) is 4.79 Å². The summed E-state index contributed by atoms with van der Waals surface area (Å²) >= 11 is 0. The quantitative estimate of drug-likeness (QED) is 0.101. The second kappa shape index (κ2) is 13.8. The predicted molar refractivity (Wildman–Crippen MR) is 193 cm³/mol. The summed E-state index contributed by atoms with van der Waals surface area (Å²) in [6.07, 6.45) is 4.82. The maximum absolute atomic E-state index is 14.5. The van der Waals surface area contributed by atoms with Crippen LogP contribution in [0.5, 0.6) is 11.5 Å². The Kier molecular flexibility index (Phi) is 9.36. The van der Waals surface area contributed by atoms with Gasteiger partial charge in [0.2, 0.25) is 0 Å². The summed E-state index contributed by atoms with van der Waals surface area (Å²) < 4.78 is 6.81. The average Bonchev–Trinajstić information content (AvgIpc) is 3.34. The van der Waals surface area contributed by atoms with E-state index < -0.39 is 5.54 Å². The Balaban J connectivity index is 1.59. The molecule has 4 aromatic carbocycles. The van der Waals surface area contributed by atoms with Gasteiger partial charge in [0.25, 0.3) is 5.91 Å². The van der Waals surface area contributed by atoms with Crippen molar-refractivity contribution in [1.29, 1.82) is 0 Å². The number of hydrogen-bond donors (Lipinski definition) is 0. The number of ether oxygens (including phenoxy) is 1. The van der Waals surface area contributed by atoms with Crippen LogP contribution in [0.25, 0.3) is 0 Å². The summed E-state index contributed by atoms with van der Waals surface area (Å²) in [5.74, 6) is 7.95. The fraction of sp³-hybridized carbons (Fsp3) is 0.317. The first-order valence-electron chi connectivity index (χ1n) is 17.0. The number of hydrogen-bond acceptors (Lipinski definition) is 5. The molecule has 0 unspecified atom stereocenters. The van der Waals surface area contributed by atoms with Gasteiger partial charge in [-0.1, -0.05) is 73.7 Å². The number of anilines is 2. The van der Waals surface area contributed by atoms with Gasteiger partial charge < -0.3 is 14.5 Å². The Morgan fingerprint density at radius 2 is 1.36 bits per heavy atom. The number of benzene rings is 4. The molecular formula is C41H44N4O2. The minimum absolute atomic E-state index is 0.150. The third-order valence-electron chi connectivity index (χ3n) is 9.40. The minimum Gasteiger partial charge on any atom is -0.456 e. The van der Waals surface area contributed by atoms with Crippen LogP contribution in [-0.4, -0.2) is 43.3 Å². The first-order valence-corrected chi connectivity index (χ1v) is 17.0. The van der Waals surface area contributed by atoms with Crippen LogP contribution in [0.1, 0.15) is 92.1 Å². The largest absolute Gasteiger partial charge is 0.456 e. The summed E-state index contributed by atoms with van der Waals surface area (Å²) in [7, 11) is 0. The number of unbranched alkanes of at least 4 members (excludes halogenated alkanes) is 2. The van der Waals surface area contributed by atoms with Crippen molar-refractivity contribution in [3.63, 3.8) is 0 Å². The zero-order valence-electron chi connectivity index (χ0n) is 28.2. The summed E-state index contributed by atoms with van der Waals surface area (Å²) in [4.78, 5) is 19.1. The topological polar surface area (TPSA) is 48.4 Å². The molecule has 1 amide bonds. The molecule has 4 aromatic rings. The monoisotopic (exact) mass is 624 g/mol. The number of carbonyl (C=O) groups excluding carboxylic acids is 1. The van der Waals surface area contributed by atoms with E-state index in [1.807, 2.05) is 42.5 Å². The zero-order chi connectivity index (χ0) is 33.0. The van der Waals surface area contributed by atoms with E-state index >= 15 is 0 Å². The van der Waals surface area contributed by atoms with Crippen LogP contribution < -0.4 is 14.5 Å². The first kappa shape index (κ1) is 31.9. The normalized spacial score (nSPS) is 13.9. The SMILES string of the molecule is CCCCC#Cc1ccccc1/C=N/N1C(=O)c2ccccc2C12c1ccc(N(CC)CC)cc1Oc1cc(N(CC)CC)ccc12. The molecule has 6 rings (SSSR count). The van der Waals surface area contributed by atoms with E-state index in [0.29, 0.717) is 5.56 Å². The van der Waals surface area contributed by atoms with Gasteiger partial charge in [-0.15, -0.1) is 0 Å². The molecule has 0 aromatic heterocycles. The summed E-state index contributed by atoms with van der Waals surface area (Å²) in [6, 6.07) is 28.6. The summed E-state index contributed by atoms with van der Waals surface area (Å²) in [6.45, 7) is 14.3. The molecule has 240 valence electrons.